The highest BCUT2D eigenvalue weighted by Gasteiger charge is 2.34. The van der Waals surface area contributed by atoms with E-state index in [2.05, 4.69) is 17.6 Å². The van der Waals surface area contributed by atoms with Crippen LogP contribution in [0.3, 0.4) is 0 Å². The minimum Gasteiger partial charge on any atom is -0.353 e. The summed E-state index contributed by atoms with van der Waals surface area (Å²) in [4.78, 5) is 26.1. The van der Waals surface area contributed by atoms with Gasteiger partial charge in [-0.05, 0) is 18.6 Å². The van der Waals surface area contributed by atoms with Crippen LogP contribution in [0.2, 0.25) is 5.02 Å². The Morgan fingerprint density at radius 2 is 2.23 bits per heavy atom. The largest absolute Gasteiger partial charge is 0.353 e. The van der Waals surface area contributed by atoms with E-state index < -0.39 is 11.1 Å². The molecular formula is C17H18ClN4O3S+. The number of nitro benzene ring substituents is 1. The molecule has 1 aromatic carbocycles. The molecule has 1 aromatic heterocycles. The second kappa shape index (κ2) is 6.53. The number of carbonyl (C=O) groups excluding carboxylic acids is 1. The Labute approximate surface area is 159 Å². The Morgan fingerprint density at radius 3 is 2.96 bits per heavy atom. The fourth-order valence-corrected chi connectivity index (χ4v) is 5.10. The van der Waals surface area contributed by atoms with Crippen molar-refractivity contribution in [2.24, 2.45) is 0 Å². The standard InChI is InChI=1S/C17H17ClN4O3S/c1-2-21-6-5-10-13(8-21)26-17-14(10)16(23)19-15(20-17)9-3-4-11(18)12(7-9)22(24)25/h3-4,7,15,20H,2,5-6,8H2,1H3,(H,19,23)/p+1/t15-/m1/s1. The molecule has 4 rings (SSSR count). The molecular weight excluding hydrogens is 376 g/mol. The highest BCUT2D eigenvalue weighted by Crippen LogP contribution is 2.39. The average molecular weight is 394 g/mol. The first-order chi connectivity index (χ1) is 12.5. The lowest BCUT2D eigenvalue weighted by Crippen LogP contribution is -3.11. The van der Waals surface area contributed by atoms with Crippen LogP contribution in [0.15, 0.2) is 18.2 Å². The monoisotopic (exact) mass is 393 g/mol. The van der Waals surface area contributed by atoms with Gasteiger partial charge in [-0.1, -0.05) is 17.7 Å². The lowest BCUT2D eigenvalue weighted by molar-refractivity contribution is -0.913. The molecule has 0 fully saturated rings. The molecule has 1 unspecified atom stereocenters. The minimum absolute atomic E-state index is 0.0794. The molecule has 0 aliphatic carbocycles. The third kappa shape index (κ3) is 2.84. The van der Waals surface area contributed by atoms with E-state index in [1.807, 2.05) is 0 Å². The van der Waals surface area contributed by atoms with E-state index >= 15 is 0 Å². The average Bonchev–Trinajstić information content (AvgIpc) is 2.99. The van der Waals surface area contributed by atoms with E-state index in [0.29, 0.717) is 5.56 Å². The van der Waals surface area contributed by atoms with E-state index in [4.69, 9.17) is 11.6 Å². The van der Waals surface area contributed by atoms with Crippen molar-refractivity contribution in [3.63, 3.8) is 0 Å². The number of amides is 1. The number of nitrogens with one attached hydrogen (secondary N) is 3. The van der Waals surface area contributed by atoms with E-state index in [1.165, 1.54) is 21.9 Å². The van der Waals surface area contributed by atoms with Gasteiger partial charge in [-0.3, -0.25) is 14.9 Å². The third-order valence-electron chi connectivity index (χ3n) is 5.01. The number of hydrogen-bond acceptors (Lipinski definition) is 5. The summed E-state index contributed by atoms with van der Waals surface area (Å²) < 4.78 is 0. The zero-order valence-electron chi connectivity index (χ0n) is 14.1. The molecule has 136 valence electrons. The summed E-state index contributed by atoms with van der Waals surface area (Å²) in [6, 6.07) is 4.58. The van der Waals surface area contributed by atoms with Gasteiger partial charge in [-0.25, -0.2) is 0 Å². The molecule has 9 heteroatoms. The second-order valence-corrected chi connectivity index (χ2v) is 8.02. The van der Waals surface area contributed by atoms with Crippen LogP contribution < -0.4 is 15.5 Å². The summed E-state index contributed by atoms with van der Waals surface area (Å²) in [6.07, 6.45) is 0.386. The van der Waals surface area contributed by atoms with Crippen molar-refractivity contribution < 1.29 is 14.6 Å². The highest BCUT2D eigenvalue weighted by molar-refractivity contribution is 7.16. The Hall–Kier alpha value is -2.16. The normalized spacial score (nSPS) is 21.4. The number of halogens is 1. The van der Waals surface area contributed by atoms with Gasteiger partial charge in [0.1, 0.15) is 22.7 Å². The van der Waals surface area contributed by atoms with Gasteiger partial charge < -0.3 is 15.5 Å². The van der Waals surface area contributed by atoms with E-state index in [-0.39, 0.29) is 16.6 Å². The van der Waals surface area contributed by atoms with E-state index in [9.17, 15) is 14.9 Å². The van der Waals surface area contributed by atoms with Gasteiger partial charge in [0.05, 0.1) is 28.5 Å². The Bertz CT molecular complexity index is 914. The van der Waals surface area contributed by atoms with Gasteiger partial charge in [0, 0.05) is 18.1 Å². The fraction of sp³-hybridized carbons (Fsp3) is 0.353. The number of likely N-dealkylation sites (N-methyl/N-ethyl adjacent to an activating group) is 1. The van der Waals surface area contributed by atoms with E-state index in [0.717, 1.165) is 42.2 Å². The molecule has 1 amide bonds. The van der Waals surface area contributed by atoms with Crippen molar-refractivity contribution >= 4 is 39.5 Å². The van der Waals surface area contributed by atoms with Crippen LogP contribution in [0.4, 0.5) is 10.7 Å². The minimum atomic E-state index is -0.520. The first-order valence-electron chi connectivity index (χ1n) is 8.47. The summed E-state index contributed by atoms with van der Waals surface area (Å²) in [7, 11) is 0. The van der Waals surface area contributed by atoms with Crippen molar-refractivity contribution in [2.75, 3.05) is 18.4 Å². The topological polar surface area (TPSA) is 88.7 Å². The highest BCUT2D eigenvalue weighted by atomic mass is 35.5. The second-order valence-electron chi connectivity index (χ2n) is 6.51. The number of anilines is 1. The van der Waals surface area contributed by atoms with E-state index in [1.54, 1.807) is 17.4 Å². The van der Waals surface area contributed by atoms with Crippen LogP contribution in [0.5, 0.6) is 0 Å². The molecule has 2 atom stereocenters. The van der Waals surface area contributed by atoms with Crippen LogP contribution in [-0.4, -0.2) is 23.9 Å². The number of fused-ring (bicyclic) bond motifs is 3. The quantitative estimate of drug-likeness (QED) is 0.550. The smallest absolute Gasteiger partial charge is 0.288 e. The number of nitrogens with zero attached hydrogens (tertiary/aromatic N) is 1. The summed E-state index contributed by atoms with van der Waals surface area (Å²) in [5, 5.41) is 18.3. The van der Waals surface area contributed by atoms with Crippen LogP contribution in [0.1, 0.15) is 39.5 Å². The Morgan fingerprint density at radius 1 is 1.42 bits per heavy atom. The van der Waals surface area contributed by atoms with Gasteiger partial charge in [0.15, 0.2) is 0 Å². The lowest BCUT2D eigenvalue weighted by Gasteiger charge is -2.27. The number of nitro groups is 1. The zero-order chi connectivity index (χ0) is 18.4. The molecule has 26 heavy (non-hydrogen) atoms. The van der Waals surface area contributed by atoms with Crippen LogP contribution in [0, 0.1) is 10.1 Å². The Kier molecular flexibility index (Phi) is 4.34. The molecule has 2 aliphatic rings. The van der Waals surface area contributed by atoms with Gasteiger partial charge in [-0.2, -0.15) is 0 Å². The number of carbonyl (C=O) groups is 1. The fourth-order valence-electron chi connectivity index (χ4n) is 3.57. The van der Waals surface area contributed by atoms with Crippen LogP contribution >= 0.6 is 22.9 Å². The zero-order valence-corrected chi connectivity index (χ0v) is 15.7. The van der Waals surface area contributed by atoms with Crippen LogP contribution in [-0.2, 0) is 13.0 Å². The molecule has 0 saturated heterocycles. The molecule has 2 aliphatic heterocycles. The van der Waals surface area contributed by atoms with Gasteiger partial charge in [0.2, 0.25) is 0 Å². The number of hydrogen-bond donors (Lipinski definition) is 3. The maximum Gasteiger partial charge on any atom is 0.288 e. The first kappa shape index (κ1) is 17.3. The van der Waals surface area contributed by atoms with Crippen molar-refractivity contribution in [3.05, 3.63) is 54.9 Å². The number of rotatable bonds is 3. The molecule has 0 saturated carbocycles. The number of quaternary nitrogens is 1. The van der Waals surface area contributed by atoms with Crippen LogP contribution in [0.25, 0.3) is 0 Å². The predicted octanol–water partition coefficient (Wildman–Crippen LogP) is 2.12. The summed E-state index contributed by atoms with van der Waals surface area (Å²) in [6.45, 7) is 5.21. The van der Waals surface area contributed by atoms with Crippen molar-refractivity contribution in [3.8, 4) is 0 Å². The van der Waals surface area contributed by atoms with Crippen molar-refractivity contribution in [1.82, 2.24) is 5.32 Å². The van der Waals surface area contributed by atoms with Gasteiger partial charge in [-0.15, -0.1) is 11.3 Å². The molecule has 0 spiro atoms. The number of benzene rings is 1. The van der Waals surface area contributed by atoms with Crippen molar-refractivity contribution in [2.45, 2.75) is 26.1 Å². The molecule has 7 nitrogen and oxygen atoms in total. The third-order valence-corrected chi connectivity index (χ3v) is 6.49. The molecule has 0 bridgehead atoms. The van der Waals surface area contributed by atoms with Crippen molar-refractivity contribution in [1.29, 1.82) is 0 Å². The molecule has 3 N–H and O–H groups in total. The van der Waals surface area contributed by atoms with Gasteiger partial charge in [0.25, 0.3) is 11.6 Å². The lowest BCUT2D eigenvalue weighted by atomic mass is 10.0. The Balaban J connectivity index is 1.67. The SMILES string of the molecule is CC[NH+]1CCc2c(sc3c2C(=O)N[C@@H](c2ccc(Cl)c([N+](=O)[O-])c2)N3)C1. The molecule has 2 aromatic rings. The molecule has 3 heterocycles. The summed E-state index contributed by atoms with van der Waals surface area (Å²) >= 11 is 7.51. The van der Waals surface area contributed by atoms with Gasteiger partial charge >= 0.3 is 0 Å². The number of thiophene rings is 1. The summed E-state index contributed by atoms with van der Waals surface area (Å²) in [5.74, 6) is -0.126. The summed E-state index contributed by atoms with van der Waals surface area (Å²) in [5.41, 5.74) is 2.32. The maximum atomic E-state index is 12.7. The predicted molar refractivity (Wildman–Crippen MR) is 100 cm³/mol. The maximum absolute atomic E-state index is 12.7. The first-order valence-corrected chi connectivity index (χ1v) is 9.66. The molecule has 0 radical (unpaired) electrons.